The standard InChI is InChI=1S/C20H22N2O6/c1-4-28-19(25)17-15(11-7-5-6-8-13(11)22(26)27)16-12(21-18(17)24)9-20(2,3)10-14(16)23/h5-8,15,17H,4,9-10H2,1-3H3,(H,21,24). The number of ether oxygens (including phenoxy) is 1. The first-order chi connectivity index (χ1) is 13.2. The summed E-state index contributed by atoms with van der Waals surface area (Å²) in [5, 5.41) is 14.3. The molecule has 1 heterocycles. The van der Waals surface area contributed by atoms with Crippen LogP contribution in [-0.4, -0.2) is 29.2 Å². The summed E-state index contributed by atoms with van der Waals surface area (Å²) >= 11 is 0. The summed E-state index contributed by atoms with van der Waals surface area (Å²) in [6.07, 6.45) is 0.668. The number of amides is 1. The largest absolute Gasteiger partial charge is 0.465 e. The van der Waals surface area contributed by atoms with E-state index in [0.29, 0.717) is 12.1 Å². The maximum atomic E-state index is 13.0. The lowest BCUT2D eigenvalue weighted by atomic mass is 9.67. The number of carbonyl (C=O) groups is 3. The molecule has 0 radical (unpaired) electrons. The summed E-state index contributed by atoms with van der Waals surface area (Å²) in [6, 6.07) is 5.90. The first-order valence-electron chi connectivity index (χ1n) is 9.13. The smallest absolute Gasteiger partial charge is 0.319 e. The van der Waals surface area contributed by atoms with Gasteiger partial charge in [0.25, 0.3) is 5.69 Å². The zero-order valence-electron chi connectivity index (χ0n) is 16.0. The molecule has 0 bridgehead atoms. The summed E-state index contributed by atoms with van der Waals surface area (Å²) in [5.74, 6) is -4.03. The fourth-order valence-electron chi connectivity index (χ4n) is 4.08. The van der Waals surface area contributed by atoms with Crippen LogP contribution >= 0.6 is 0 Å². The monoisotopic (exact) mass is 386 g/mol. The van der Waals surface area contributed by atoms with Crippen molar-refractivity contribution >= 4 is 23.3 Å². The molecule has 0 aromatic heterocycles. The van der Waals surface area contributed by atoms with Gasteiger partial charge in [-0.15, -0.1) is 0 Å². The number of nitrogens with one attached hydrogen (secondary N) is 1. The molecule has 8 nitrogen and oxygen atoms in total. The summed E-state index contributed by atoms with van der Waals surface area (Å²) in [5.41, 5.74) is 0.288. The van der Waals surface area contributed by atoms with E-state index < -0.39 is 28.6 Å². The normalized spacial score (nSPS) is 23.7. The molecular formula is C20H22N2O6. The van der Waals surface area contributed by atoms with Gasteiger partial charge in [0.15, 0.2) is 5.78 Å². The lowest BCUT2D eigenvalue weighted by Crippen LogP contribution is -2.49. The highest BCUT2D eigenvalue weighted by atomic mass is 16.6. The molecule has 148 valence electrons. The van der Waals surface area contributed by atoms with E-state index in [0.717, 1.165) is 0 Å². The number of rotatable bonds is 4. The second-order valence-electron chi connectivity index (χ2n) is 7.85. The number of nitrogens with zero attached hydrogens (tertiary/aromatic N) is 1. The zero-order chi connectivity index (χ0) is 20.6. The molecule has 28 heavy (non-hydrogen) atoms. The summed E-state index contributed by atoms with van der Waals surface area (Å²) < 4.78 is 5.06. The number of para-hydroxylation sites is 1. The second-order valence-corrected chi connectivity index (χ2v) is 7.85. The molecule has 1 aromatic rings. The fraction of sp³-hybridized carbons (Fsp3) is 0.450. The minimum Gasteiger partial charge on any atom is -0.465 e. The number of carbonyl (C=O) groups excluding carboxylic acids is 3. The van der Waals surface area contributed by atoms with Gasteiger partial charge >= 0.3 is 5.97 Å². The molecule has 1 aliphatic carbocycles. The van der Waals surface area contributed by atoms with Crippen LogP contribution in [0, 0.1) is 21.4 Å². The summed E-state index contributed by atoms with van der Waals surface area (Å²) in [7, 11) is 0. The molecule has 1 N–H and O–H groups in total. The molecule has 1 aliphatic heterocycles. The number of Topliss-reactive ketones (excluding diaryl/α,β-unsaturated/α-hetero) is 1. The van der Waals surface area contributed by atoms with Crippen molar-refractivity contribution in [2.24, 2.45) is 11.3 Å². The minimum atomic E-state index is -1.36. The lowest BCUT2D eigenvalue weighted by Gasteiger charge is -2.40. The van der Waals surface area contributed by atoms with Crippen LogP contribution in [0.15, 0.2) is 35.5 Å². The SMILES string of the molecule is CCOC(=O)C1C(=O)NC2=C(C(=O)CC(C)(C)C2)C1c1ccccc1[N+](=O)[O-]. The highest BCUT2D eigenvalue weighted by Crippen LogP contribution is 2.47. The molecular weight excluding hydrogens is 364 g/mol. The molecule has 3 rings (SSSR count). The van der Waals surface area contributed by atoms with Crippen molar-refractivity contribution < 1.29 is 24.0 Å². The molecule has 2 unspecified atom stereocenters. The van der Waals surface area contributed by atoms with Gasteiger partial charge in [0.05, 0.1) is 11.5 Å². The molecule has 0 spiro atoms. The number of esters is 1. The molecule has 0 saturated heterocycles. The van der Waals surface area contributed by atoms with E-state index in [9.17, 15) is 24.5 Å². The van der Waals surface area contributed by atoms with Gasteiger partial charge in [-0.2, -0.15) is 0 Å². The Morgan fingerprint density at radius 2 is 1.96 bits per heavy atom. The van der Waals surface area contributed by atoms with E-state index in [2.05, 4.69) is 5.32 Å². The van der Waals surface area contributed by atoms with E-state index in [1.54, 1.807) is 13.0 Å². The van der Waals surface area contributed by atoms with E-state index in [1.165, 1.54) is 18.2 Å². The van der Waals surface area contributed by atoms with Gasteiger partial charge < -0.3 is 10.1 Å². The van der Waals surface area contributed by atoms with Gasteiger partial charge in [0.2, 0.25) is 5.91 Å². The Labute approximate surface area is 162 Å². The van der Waals surface area contributed by atoms with Crippen molar-refractivity contribution in [2.45, 2.75) is 39.5 Å². The number of nitro groups is 1. The molecule has 8 heteroatoms. The van der Waals surface area contributed by atoms with Crippen LogP contribution < -0.4 is 5.32 Å². The second kappa shape index (κ2) is 7.18. The van der Waals surface area contributed by atoms with Crippen LogP contribution in [0.3, 0.4) is 0 Å². The summed E-state index contributed by atoms with van der Waals surface area (Å²) in [4.78, 5) is 49.4. The van der Waals surface area contributed by atoms with Gasteiger partial charge in [-0.3, -0.25) is 24.5 Å². The topological polar surface area (TPSA) is 116 Å². The average Bonchev–Trinajstić information content (AvgIpc) is 2.59. The van der Waals surface area contributed by atoms with Crippen LogP contribution in [0.4, 0.5) is 5.69 Å². The highest BCUT2D eigenvalue weighted by Gasteiger charge is 2.50. The van der Waals surface area contributed by atoms with Gasteiger partial charge in [-0.25, -0.2) is 0 Å². The predicted molar refractivity (Wildman–Crippen MR) is 99.2 cm³/mol. The van der Waals surface area contributed by atoms with Crippen LogP contribution in [0.1, 0.15) is 45.1 Å². The van der Waals surface area contributed by atoms with Crippen molar-refractivity contribution in [2.75, 3.05) is 6.61 Å². The number of hydrogen-bond acceptors (Lipinski definition) is 6. The van der Waals surface area contributed by atoms with Crippen LogP contribution in [0.25, 0.3) is 0 Å². The maximum Gasteiger partial charge on any atom is 0.319 e. The molecule has 2 aliphatic rings. The maximum absolute atomic E-state index is 13.0. The number of benzene rings is 1. The molecule has 1 aromatic carbocycles. The number of hydrogen-bond donors (Lipinski definition) is 1. The third-order valence-electron chi connectivity index (χ3n) is 5.13. The van der Waals surface area contributed by atoms with Crippen molar-refractivity contribution in [3.63, 3.8) is 0 Å². The molecule has 1 amide bonds. The van der Waals surface area contributed by atoms with E-state index in [-0.39, 0.29) is 41.0 Å². The van der Waals surface area contributed by atoms with E-state index in [4.69, 9.17) is 4.74 Å². The van der Waals surface area contributed by atoms with Crippen molar-refractivity contribution in [3.8, 4) is 0 Å². The van der Waals surface area contributed by atoms with Crippen molar-refractivity contribution in [1.29, 1.82) is 0 Å². The quantitative estimate of drug-likeness (QED) is 0.368. The van der Waals surface area contributed by atoms with Gasteiger partial charge in [-0.1, -0.05) is 32.0 Å². The first kappa shape index (κ1) is 19.7. The fourth-order valence-corrected chi connectivity index (χ4v) is 4.08. The van der Waals surface area contributed by atoms with Crippen LogP contribution in [0.5, 0.6) is 0 Å². The molecule has 0 fully saturated rings. The Morgan fingerprint density at radius 1 is 1.29 bits per heavy atom. The number of allylic oxidation sites excluding steroid dienone is 2. The van der Waals surface area contributed by atoms with Crippen molar-refractivity contribution in [1.82, 2.24) is 5.32 Å². The first-order valence-corrected chi connectivity index (χ1v) is 9.13. The summed E-state index contributed by atoms with van der Waals surface area (Å²) in [6.45, 7) is 5.49. The van der Waals surface area contributed by atoms with Gasteiger partial charge in [0.1, 0.15) is 5.92 Å². The predicted octanol–water partition coefficient (Wildman–Crippen LogP) is 2.63. The Hall–Kier alpha value is -3.03. The van der Waals surface area contributed by atoms with Crippen LogP contribution in [0.2, 0.25) is 0 Å². The van der Waals surface area contributed by atoms with Crippen molar-refractivity contribution in [3.05, 3.63) is 51.2 Å². The molecule has 0 saturated carbocycles. The van der Waals surface area contributed by atoms with E-state index >= 15 is 0 Å². The number of ketones is 1. The Kier molecular flexibility index (Phi) is 5.06. The van der Waals surface area contributed by atoms with Gasteiger partial charge in [0, 0.05) is 35.2 Å². The lowest BCUT2D eigenvalue weighted by molar-refractivity contribution is -0.385. The van der Waals surface area contributed by atoms with Gasteiger partial charge in [-0.05, 0) is 18.8 Å². The number of nitro benzene ring substituents is 1. The third-order valence-corrected chi connectivity index (χ3v) is 5.13. The Bertz CT molecular complexity index is 902. The Balaban J connectivity index is 2.25. The highest BCUT2D eigenvalue weighted by molar-refractivity contribution is 6.08. The van der Waals surface area contributed by atoms with E-state index in [1.807, 2.05) is 13.8 Å². The minimum absolute atomic E-state index is 0.0547. The zero-order valence-corrected chi connectivity index (χ0v) is 16.0. The Morgan fingerprint density at radius 3 is 2.61 bits per heavy atom. The van der Waals surface area contributed by atoms with Crippen LogP contribution in [-0.2, 0) is 19.1 Å². The average molecular weight is 386 g/mol. The third kappa shape index (κ3) is 3.42. The molecule has 2 atom stereocenters.